The number of hydrogen-bond donors (Lipinski definition) is 0. The van der Waals surface area contributed by atoms with Gasteiger partial charge in [-0.15, -0.1) is 0 Å². The van der Waals surface area contributed by atoms with Gasteiger partial charge < -0.3 is 9.80 Å². The van der Waals surface area contributed by atoms with Gasteiger partial charge in [-0.25, -0.2) is 9.97 Å². The number of aromatic nitrogens is 2. The second-order valence-electron chi connectivity index (χ2n) is 5.41. The van der Waals surface area contributed by atoms with E-state index >= 15 is 0 Å². The van der Waals surface area contributed by atoms with E-state index in [-0.39, 0.29) is 11.9 Å². The Hall–Kier alpha value is -2.08. The molecule has 1 aliphatic heterocycles. The van der Waals surface area contributed by atoms with E-state index < -0.39 is 0 Å². The molecule has 0 saturated carbocycles. The molecule has 1 aromatic carbocycles. The zero-order chi connectivity index (χ0) is 15.9. The van der Waals surface area contributed by atoms with Gasteiger partial charge in [-0.1, -0.05) is 23.9 Å². The Kier molecular flexibility index (Phi) is 3.78. The predicted octanol–water partition coefficient (Wildman–Crippen LogP) is 3.34. The van der Waals surface area contributed by atoms with Crippen LogP contribution in [0.15, 0.2) is 35.6 Å². The minimum atomic E-state index is -0.0850. The van der Waals surface area contributed by atoms with Gasteiger partial charge >= 0.3 is 0 Å². The van der Waals surface area contributed by atoms with Crippen LogP contribution in [-0.4, -0.2) is 35.2 Å². The van der Waals surface area contributed by atoms with Crippen molar-refractivity contribution in [1.82, 2.24) is 9.97 Å². The number of carbonyl (C=O) groups excluding carboxylic acids is 1. The Bertz CT molecular complexity index is 732. The average Bonchev–Trinajstić information content (AvgIpc) is 2.62. The fourth-order valence-corrected chi connectivity index (χ4v) is 3.00. The molecule has 0 saturated heterocycles. The van der Waals surface area contributed by atoms with E-state index in [0.29, 0.717) is 16.5 Å². The van der Waals surface area contributed by atoms with E-state index in [2.05, 4.69) is 28.7 Å². The van der Waals surface area contributed by atoms with Crippen molar-refractivity contribution in [2.75, 3.05) is 23.1 Å². The lowest BCUT2D eigenvalue weighted by atomic mass is 10.2. The van der Waals surface area contributed by atoms with Crippen molar-refractivity contribution >= 4 is 34.9 Å². The van der Waals surface area contributed by atoms with Crippen LogP contribution in [0, 0.1) is 0 Å². The van der Waals surface area contributed by atoms with Crippen molar-refractivity contribution in [3.05, 3.63) is 36.0 Å². The summed E-state index contributed by atoms with van der Waals surface area (Å²) in [6.45, 7) is 4.19. The van der Waals surface area contributed by atoms with Crippen LogP contribution in [0.4, 0.5) is 17.2 Å². The summed E-state index contributed by atoms with van der Waals surface area (Å²) in [6, 6.07) is 8.07. The maximum atomic E-state index is 12.8. The third kappa shape index (κ3) is 2.23. The third-order valence-electron chi connectivity index (χ3n) is 3.71. The molecule has 0 unspecified atom stereocenters. The smallest absolute Gasteiger partial charge is 0.263 e. The molecule has 0 radical (unpaired) electrons. The lowest BCUT2D eigenvalue weighted by molar-refractivity contribution is 0.0993. The highest BCUT2D eigenvalue weighted by atomic mass is 32.2. The largest absolute Gasteiger partial charge is 0.321 e. The summed E-state index contributed by atoms with van der Waals surface area (Å²) in [4.78, 5) is 25.4. The second kappa shape index (κ2) is 5.61. The quantitative estimate of drug-likeness (QED) is 0.628. The number of benzene rings is 1. The molecule has 1 amide bonds. The van der Waals surface area contributed by atoms with Gasteiger partial charge in [-0.2, -0.15) is 0 Å². The van der Waals surface area contributed by atoms with Gasteiger partial charge in [0.25, 0.3) is 5.91 Å². The van der Waals surface area contributed by atoms with Crippen molar-refractivity contribution in [3.8, 4) is 0 Å². The number of fused-ring (bicyclic) bond motifs is 2. The zero-order valence-corrected chi connectivity index (χ0v) is 13.9. The van der Waals surface area contributed by atoms with Crippen LogP contribution in [0.1, 0.15) is 24.2 Å². The Labute approximate surface area is 134 Å². The normalized spacial score (nSPS) is 14.0. The van der Waals surface area contributed by atoms with E-state index in [1.54, 1.807) is 18.1 Å². The van der Waals surface area contributed by atoms with Crippen molar-refractivity contribution in [2.45, 2.75) is 25.0 Å². The molecule has 0 N–H and O–H groups in total. The first-order valence-electron chi connectivity index (χ1n) is 7.12. The number of carbonyl (C=O) groups is 1. The van der Waals surface area contributed by atoms with Gasteiger partial charge in [-0.3, -0.25) is 4.79 Å². The van der Waals surface area contributed by atoms with E-state index in [9.17, 15) is 4.79 Å². The van der Waals surface area contributed by atoms with Crippen LogP contribution < -0.4 is 9.80 Å². The average molecular weight is 314 g/mol. The van der Waals surface area contributed by atoms with Crippen LogP contribution in [0.5, 0.6) is 0 Å². The summed E-state index contributed by atoms with van der Waals surface area (Å²) >= 11 is 1.47. The highest BCUT2D eigenvalue weighted by Gasteiger charge is 2.31. The molecule has 0 aliphatic carbocycles. The van der Waals surface area contributed by atoms with E-state index in [0.717, 1.165) is 11.4 Å². The molecule has 5 nitrogen and oxygen atoms in total. The molecule has 0 fully saturated rings. The molecular weight excluding hydrogens is 296 g/mol. The highest BCUT2D eigenvalue weighted by molar-refractivity contribution is 7.98. The monoisotopic (exact) mass is 314 g/mol. The molecule has 0 bridgehead atoms. The van der Waals surface area contributed by atoms with E-state index in [1.807, 2.05) is 30.5 Å². The molecule has 114 valence electrons. The number of thioether (sulfide) groups is 1. The van der Waals surface area contributed by atoms with Crippen molar-refractivity contribution in [2.24, 2.45) is 0 Å². The van der Waals surface area contributed by atoms with Crippen molar-refractivity contribution in [1.29, 1.82) is 0 Å². The van der Waals surface area contributed by atoms with Gasteiger partial charge in [0.05, 0.1) is 11.4 Å². The Balaban J connectivity index is 2.32. The Morgan fingerprint density at radius 2 is 1.86 bits per heavy atom. The summed E-state index contributed by atoms with van der Waals surface area (Å²) in [5.41, 5.74) is 2.40. The minimum absolute atomic E-state index is 0.0850. The number of rotatable bonds is 2. The fraction of sp³-hybridized carbons (Fsp3) is 0.312. The van der Waals surface area contributed by atoms with Crippen LogP contribution in [0.25, 0.3) is 0 Å². The highest BCUT2D eigenvalue weighted by Crippen LogP contribution is 2.40. The Morgan fingerprint density at radius 1 is 1.18 bits per heavy atom. The number of hydrogen-bond acceptors (Lipinski definition) is 5. The predicted molar refractivity (Wildman–Crippen MR) is 90.3 cm³/mol. The molecule has 3 rings (SSSR count). The molecule has 22 heavy (non-hydrogen) atoms. The standard InChI is InChI=1S/C16H18N4OS/c1-10(2)20-13-8-6-5-7-12(13)19(3)15(21)11-9-17-16(22-4)18-14(11)20/h5-10H,1-4H3. The van der Waals surface area contributed by atoms with Crippen LogP contribution in [0.2, 0.25) is 0 Å². The second-order valence-corrected chi connectivity index (χ2v) is 6.18. The number of para-hydroxylation sites is 2. The van der Waals surface area contributed by atoms with Gasteiger partial charge in [0.15, 0.2) is 11.0 Å². The third-order valence-corrected chi connectivity index (χ3v) is 4.27. The minimum Gasteiger partial charge on any atom is -0.321 e. The fourth-order valence-electron chi connectivity index (χ4n) is 2.67. The molecule has 1 aliphatic rings. The topological polar surface area (TPSA) is 49.3 Å². The van der Waals surface area contributed by atoms with Crippen LogP contribution >= 0.6 is 11.8 Å². The lowest BCUT2D eigenvalue weighted by Crippen LogP contribution is -2.27. The summed E-state index contributed by atoms with van der Waals surface area (Å²) in [6.07, 6.45) is 3.56. The first-order valence-corrected chi connectivity index (χ1v) is 8.34. The maximum Gasteiger partial charge on any atom is 0.263 e. The molecule has 2 aromatic rings. The van der Waals surface area contributed by atoms with Crippen molar-refractivity contribution in [3.63, 3.8) is 0 Å². The molecule has 1 aromatic heterocycles. The number of nitrogens with zero attached hydrogens (tertiary/aromatic N) is 4. The summed E-state index contributed by atoms with van der Waals surface area (Å²) in [5, 5.41) is 0.666. The number of anilines is 3. The summed E-state index contributed by atoms with van der Waals surface area (Å²) < 4.78 is 0. The molecule has 6 heteroatoms. The molecule has 2 heterocycles. The summed E-state index contributed by atoms with van der Waals surface area (Å²) in [5.74, 6) is 0.592. The zero-order valence-electron chi connectivity index (χ0n) is 13.1. The summed E-state index contributed by atoms with van der Waals surface area (Å²) in [7, 11) is 1.79. The van der Waals surface area contributed by atoms with Crippen molar-refractivity contribution < 1.29 is 4.79 Å². The lowest BCUT2D eigenvalue weighted by Gasteiger charge is -2.29. The van der Waals surface area contributed by atoms with Gasteiger partial charge in [-0.05, 0) is 32.2 Å². The number of amides is 1. The SMILES string of the molecule is CSc1ncc2c(n1)N(C(C)C)c1ccccc1N(C)C2=O. The van der Waals surface area contributed by atoms with E-state index in [1.165, 1.54) is 11.8 Å². The van der Waals surface area contributed by atoms with E-state index in [4.69, 9.17) is 0 Å². The Morgan fingerprint density at radius 3 is 2.50 bits per heavy atom. The molecule has 0 atom stereocenters. The van der Waals surface area contributed by atoms with Crippen LogP contribution in [0.3, 0.4) is 0 Å². The molecule has 0 spiro atoms. The van der Waals surface area contributed by atoms with Gasteiger partial charge in [0.2, 0.25) is 0 Å². The van der Waals surface area contributed by atoms with Crippen LogP contribution in [-0.2, 0) is 0 Å². The first kappa shape index (κ1) is 14.8. The van der Waals surface area contributed by atoms with Gasteiger partial charge in [0.1, 0.15) is 5.56 Å². The first-order chi connectivity index (χ1) is 10.5. The molecular formula is C16H18N4OS. The maximum absolute atomic E-state index is 12.8. The van der Waals surface area contributed by atoms with Gasteiger partial charge in [0, 0.05) is 19.3 Å².